The molecule has 1 aliphatic carbocycles. The highest BCUT2D eigenvalue weighted by molar-refractivity contribution is 7.91. The Morgan fingerprint density at radius 3 is 2.55 bits per heavy atom. The molecule has 1 aromatic heterocycles. The predicted octanol–water partition coefficient (Wildman–Crippen LogP) is 2.21. The lowest BCUT2D eigenvalue weighted by Gasteiger charge is -2.33. The van der Waals surface area contributed by atoms with E-state index >= 15 is 0 Å². The zero-order valence-electron chi connectivity index (χ0n) is 12.6. The van der Waals surface area contributed by atoms with Crippen molar-refractivity contribution in [1.82, 2.24) is 10.0 Å². The number of halogens is 1. The lowest BCUT2D eigenvalue weighted by atomic mass is 9.82. The lowest BCUT2D eigenvalue weighted by Crippen LogP contribution is -2.45. The molecule has 22 heavy (non-hydrogen) atoms. The number of sulfonamides is 1. The van der Waals surface area contributed by atoms with E-state index in [1.165, 1.54) is 6.07 Å². The van der Waals surface area contributed by atoms with Gasteiger partial charge >= 0.3 is 0 Å². The van der Waals surface area contributed by atoms with Crippen LogP contribution in [0.15, 0.2) is 16.3 Å². The maximum Gasteiger partial charge on any atom is 0.250 e. The Kier molecular flexibility index (Phi) is 6.67. The van der Waals surface area contributed by atoms with Crippen molar-refractivity contribution in [3.05, 3.63) is 16.5 Å². The fourth-order valence-electron chi connectivity index (χ4n) is 3.00. The molecular formula is C14H23ClN2O3S2. The van der Waals surface area contributed by atoms with Crippen LogP contribution in [0.1, 0.15) is 32.6 Å². The Labute approximate surface area is 141 Å². The fourth-order valence-corrected chi connectivity index (χ4v) is 5.79. The summed E-state index contributed by atoms with van der Waals surface area (Å²) < 4.78 is 28.0. The quantitative estimate of drug-likeness (QED) is 0.691. The number of thiophene rings is 1. The molecule has 0 unspecified atom stereocenters. The van der Waals surface area contributed by atoms with Crippen molar-refractivity contribution in [3.8, 4) is 0 Å². The van der Waals surface area contributed by atoms with Crippen LogP contribution in [0.25, 0.3) is 0 Å². The molecule has 0 aliphatic heterocycles. The molecule has 0 spiro atoms. The second-order valence-corrected chi connectivity index (χ2v) is 9.29. The van der Waals surface area contributed by atoms with Gasteiger partial charge in [-0.1, -0.05) is 18.5 Å². The van der Waals surface area contributed by atoms with Gasteiger partial charge in [-0.05, 0) is 50.3 Å². The van der Waals surface area contributed by atoms with E-state index in [4.69, 9.17) is 11.6 Å². The van der Waals surface area contributed by atoms with E-state index in [-0.39, 0.29) is 16.7 Å². The highest BCUT2D eigenvalue weighted by Crippen LogP contribution is 2.29. The maximum atomic E-state index is 12.3. The molecule has 1 fully saturated rings. The molecule has 2 rings (SSSR count). The van der Waals surface area contributed by atoms with Crippen LogP contribution in [0.3, 0.4) is 0 Å². The summed E-state index contributed by atoms with van der Waals surface area (Å²) in [5, 5.41) is 13.0. The van der Waals surface area contributed by atoms with Crippen LogP contribution in [-0.2, 0) is 10.0 Å². The SMILES string of the molecule is CCNC1CCC([C@@H](CO)NS(=O)(=O)c2ccc(Cl)s2)CC1. The van der Waals surface area contributed by atoms with Gasteiger partial charge in [0.2, 0.25) is 10.0 Å². The molecule has 0 amide bonds. The molecule has 0 saturated heterocycles. The first-order valence-electron chi connectivity index (χ1n) is 7.58. The number of aliphatic hydroxyl groups excluding tert-OH is 1. The van der Waals surface area contributed by atoms with Crippen molar-refractivity contribution in [2.75, 3.05) is 13.2 Å². The molecule has 1 heterocycles. The Bertz CT molecular complexity index is 568. The second-order valence-electron chi connectivity index (χ2n) is 5.64. The average molecular weight is 367 g/mol. The Hall–Kier alpha value is -0.180. The Morgan fingerprint density at radius 2 is 2.05 bits per heavy atom. The first-order valence-corrected chi connectivity index (χ1v) is 10.3. The standard InChI is InChI=1S/C14H23ClN2O3S2/c1-2-16-11-5-3-10(4-6-11)12(9-18)17-22(19,20)14-8-7-13(15)21-14/h7-8,10-12,16-18H,2-6,9H2,1H3/t10?,11?,12-/m1/s1. The van der Waals surface area contributed by atoms with Crippen molar-refractivity contribution >= 4 is 33.0 Å². The molecule has 1 aliphatic rings. The number of hydrogen-bond donors (Lipinski definition) is 3. The smallest absolute Gasteiger partial charge is 0.250 e. The van der Waals surface area contributed by atoms with Crippen molar-refractivity contribution in [2.45, 2.75) is 48.9 Å². The van der Waals surface area contributed by atoms with Crippen molar-refractivity contribution in [1.29, 1.82) is 0 Å². The lowest BCUT2D eigenvalue weighted by molar-refractivity contribution is 0.176. The number of aliphatic hydroxyl groups is 1. The summed E-state index contributed by atoms with van der Waals surface area (Å²) in [6.07, 6.45) is 3.86. The molecule has 1 aromatic rings. The van der Waals surface area contributed by atoms with Gasteiger partial charge in [0.1, 0.15) is 4.21 Å². The first-order chi connectivity index (χ1) is 10.5. The van der Waals surface area contributed by atoms with Crippen LogP contribution in [0, 0.1) is 5.92 Å². The summed E-state index contributed by atoms with van der Waals surface area (Å²) in [6, 6.07) is 3.13. The summed E-state index contributed by atoms with van der Waals surface area (Å²) >= 11 is 6.83. The number of rotatable bonds is 7. The number of hydrogen-bond acceptors (Lipinski definition) is 5. The molecular weight excluding hydrogens is 344 g/mol. The van der Waals surface area contributed by atoms with E-state index in [1.807, 2.05) is 0 Å². The van der Waals surface area contributed by atoms with E-state index in [0.717, 1.165) is 43.6 Å². The summed E-state index contributed by atoms with van der Waals surface area (Å²) in [5.41, 5.74) is 0. The van der Waals surface area contributed by atoms with E-state index in [1.54, 1.807) is 6.07 Å². The van der Waals surface area contributed by atoms with Crippen LogP contribution in [0.4, 0.5) is 0 Å². The fraction of sp³-hybridized carbons (Fsp3) is 0.714. The van der Waals surface area contributed by atoms with Crippen LogP contribution in [-0.4, -0.2) is 38.8 Å². The van der Waals surface area contributed by atoms with Gasteiger partial charge < -0.3 is 10.4 Å². The third-order valence-corrected chi connectivity index (χ3v) is 7.36. The molecule has 1 atom stereocenters. The van der Waals surface area contributed by atoms with Gasteiger partial charge in [-0.3, -0.25) is 0 Å². The maximum absolute atomic E-state index is 12.3. The van der Waals surface area contributed by atoms with Crippen LogP contribution in [0.2, 0.25) is 4.34 Å². The summed E-state index contributed by atoms with van der Waals surface area (Å²) in [5.74, 6) is 0.171. The monoisotopic (exact) mass is 366 g/mol. The van der Waals surface area contributed by atoms with Gasteiger partial charge in [0, 0.05) is 12.1 Å². The minimum Gasteiger partial charge on any atom is -0.395 e. The topological polar surface area (TPSA) is 78.4 Å². The third kappa shape index (κ3) is 4.66. The van der Waals surface area contributed by atoms with E-state index < -0.39 is 16.1 Å². The van der Waals surface area contributed by atoms with Crippen molar-refractivity contribution in [3.63, 3.8) is 0 Å². The van der Waals surface area contributed by atoms with Gasteiger partial charge in [-0.2, -0.15) is 0 Å². The molecule has 1 saturated carbocycles. The minimum atomic E-state index is -3.62. The van der Waals surface area contributed by atoms with Gasteiger partial charge in [0.15, 0.2) is 0 Å². The Morgan fingerprint density at radius 1 is 1.36 bits per heavy atom. The normalized spacial score (nSPS) is 24.3. The average Bonchev–Trinajstić information content (AvgIpc) is 2.94. The van der Waals surface area contributed by atoms with E-state index in [2.05, 4.69) is 17.0 Å². The van der Waals surface area contributed by atoms with Gasteiger partial charge in [0.25, 0.3) is 0 Å². The molecule has 126 valence electrons. The summed E-state index contributed by atoms with van der Waals surface area (Å²) in [6.45, 7) is 2.85. The van der Waals surface area contributed by atoms with Crippen LogP contribution < -0.4 is 10.0 Å². The van der Waals surface area contributed by atoms with E-state index in [0.29, 0.717) is 10.4 Å². The largest absolute Gasteiger partial charge is 0.395 e. The minimum absolute atomic E-state index is 0.171. The predicted molar refractivity (Wildman–Crippen MR) is 89.9 cm³/mol. The van der Waals surface area contributed by atoms with E-state index in [9.17, 15) is 13.5 Å². The molecule has 5 nitrogen and oxygen atoms in total. The summed E-state index contributed by atoms with van der Waals surface area (Å²) in [4.78, 5) is 0. The molecule has 0 aromatic carbocycles. The van der Waals surface area contributed by atoms with Gasteiger partial charge in [-0.15, -0.1) is 11.3 Å². The zero-order chi connectivity index (χ0) is 16.2. The molecule has 0 bridgehead atoms. The number of nitrogens with one attached hydrogen (secondary N) is 2. The summed E-state index contributed by atoms with van der Waals surface area (Å²) in [7, 11) is -3.62. The van der Waals surface area contributed by atoms with Crippen molar-refractivity contribution in [2.24, 2.45) is 5.92 Å². The van der Waals surface area contributed by atoms with Gasteiger partial charge in [-0.25, -0.2) is 13.1 Å². The second kappa shape index (κ2) is 8.08. The molecule has 3 N–H and O–H groups in total. The highest BCUT2D eigenvalue weighted by Gasteiger charge is 2.30. The zero-order valence-corrected chi connectivity index (χ0v) is 15.0. The Balaban J connectivity index is 1.98. The van der Waals surface area contributed by atoms with Gasteiger partial charge in [0.05, 0.1) is 10.9 Å². The molecule has 8 heteroatoms. The first kappa shape index (κ1) is 18.2. The van der Waals surface area contributed by atoms with Crippen LogP contribution in [0.5, 0.6) is 0 Å². The van der Waals surface area contributed by atoms with Crippen LogP contribution >= 0.6 is 22.9 Å². The highest BCUT2D eigenvalue weighted by atomic mass is 35.5. The third-order valence-electron chi connectivity index (χ3n) is 4.15. The molecule has 0 radical (unpaired) electrons. The van der Waals surface area contributed by atoms with Crippen molar-refractivity contribution < 1.29 is 13.5 Å².